The molecule has 0 aromatic carbocycles. The van der Waals surface area contributed by atoms with E-state index < -0.39 is 12.3 Å². The van der Waals surface area contributed by atoms with Gasteiger partial charge in [-0.15, -0.1) is 0 Å². The lowest BCUT2D eigenvalue weighted by molar-refractivity contribution is -0.0962. The van der Waals surface area contributed by atoms with Gasteiger partial charge in [0.1, 0.15) is 0 Å². The molecular weight excluding hydrogens is 376 g/mol. The van der Waals surface area contributed by atoms with Crippen LogP contribution >= 0.6 is 0 Å². The molecule has 0 spiro atoms. The molecule has 4 rings (SSSR count). The number of hydrogen-bond donors (Lipinski definition) is 1. The van der Waals surface area contributed by atoms with Crippen LogP contribution in [0.25, 0.3) is 0 Å². The molecule has 1 N–H and O–H groups in total. The van der Waals surface area contributed by atoms with Crippen LogP contribution in [0.5, 0.6) is 0 Å². The molecule has 0 bridgehead atoms. The van der Waals surface area contributed by atoms with E-state index in [1.165, 1.54) is 30.4 Å². The van der Waals surface area contributed by atoms with Crippen molar-refractivity contribution >= 4 is 0 Å². The lowest BCUT2D eigenvalue weighted by Crippen LogP contribution is -2.55. The molecule has 0 unspecified atom stereocenters. The van der Waals surface area contributed by atoms with Gasteiger partial charge in [0.15, 0.2) is 0 Å². The van der Waals surface area contributed by atoms with E-state index in [2.05, 4.69) is 48.5 Å². The Hall–Kier alpha value is -0.300. The minimum Gasteiger partial charge on any atom is -0.393 e. The summed E-state index contributed by atoms with van der Waals surface area (Å²) in [4.78, 5) is 0. The van der Waals surface area contributed by atoms with Crippen molar-refractivity contribution in [1.29, 1.82) is 0 Å². The molecule has 4 aliphatic rings. The van der Waals surface area contributed by atoms with Crippen LogP contribution in [0.2, 0.25) is 0 Å². The van der Waals surface area contributed by atoms with Crippen LogP contribution in [-0.4, -0.2) is 11.2 Å². The Morgan fingerprint density at radius 3 is 2.35 bits per heavy atom. The molecule has 0 amide bonds. The number of hydrogen-bond acceptors (Lipinski definition) is 1. The lowest BCUT2D eigenvalue weighted by atomic mass is 9.43. The van der Waals surface area contributed by atoms with Crippen LogP contribution in [-0.2, 0) is 0 Å². The minimum absolute atomic E-state index is 0.0386. The van der Waals surface area contributed by atoms with Crippen molar-refractivity contribution in [2.45, 2.75) is 132 Å². The first kappa shape index (κ1) is 20.1. The highest BCUT2D eigenvalue weighted by Crippen LogP contribution is 2.72. The number of aliphatic hydroxyl groups is 1. The Labute approximate surface area is 198 Å². The van der Waals surface area contributed by atoms with Crippen molar-refractivity contribution in [2.75, 3.05) is 0 Å². The molecule has 1 heteroatoms. The van der Waals surface area contributed by atoms with E-state index in [1.54, 1.807) is 0 Å². The molecular formula is C30H52O. The van der Waals surface area contributed by atoms with Crippen molar-refractivity contribution in [3.05, 3.63) is 11.1 Å². The largest absolute Gasteiger partial charge is 0.393 e. The van der Waals surface area contributed by atoms with Crippen LogP contribution in [0, 0.1) is 45.3 Å². The van der Waals surface area contributed by atoms with Crippen molar-refractivity contribution < 1.29 is 9.22 Å². The summed E-state index contributed by atoms with van der Waals surface area (Å²) in [6, 6.07) is 0. The summed E-state index contributed by atoms with van der Waals surface area (Å²) in [5.41, 5.74) is 1.99. The van der Waals surface area contributed by atoms with Gasteiger partial charge in [-0.3, -0.25) is 0 Å². The highest BCUT2D eigenvalue weighted by molar-refractivity contribution is 5.38. The second-order valence-corrected chi connectivity index (χ2v) is 13.6. The maximum Gasteiger partial charge on any atom is 0.0594 e. The summed E-state index contributed by atoms with van der Waals surface area (Å²) in [6.45, 7) is 14.4. The molecule has 0 radical (unpaired) electrons. The predicted molar refractivity (Wildman–Crippen MR) is 133 cm³/mol. The molecule has 0 aromatic rings. The van der Waals surface area contributed by atoms with E-state index in [9.17, 15) is 5.11 Å². The van der Waals surface area contributed by atoms with E-state index in [0.29, 0.717) is 17.8 Å². The zero-order valence-electron chi connectivity index (χ0n) is 24.6. The van der Waals surface area contributed by atoms with Crippen molar-refractivity contribution in [3.8, 4) is 0 Å². The summed E-state index contributed by atoms with van der Waals surface area (Å²) < 4.78 is 26.9. The quantitative estimate of drug-likeness (QED) is 0.430. The van der Waals surface area contributed by atoms with E-state index in [-0.39, 0.29) is 22.3 Å². The van der Waals surface area contributed by atoms with E-state index in [0.717, 1.165) is 57.3 Å². The molecule has 31 heavy (non-hydrogen) atoms. The fourth-order valence-corrected chi connectivity index (χ4v) is 9.31. The average molecular weight is 435 g/mol. The van der Waals surface area contributed by atoms with E-state index >= 15 is 0 Å². The Bertz CT molecular complexity index is 810. The number of rotatable bonds is 5. The van der Waals surface area contributed by atoms with Crippen LogP contribution in [0.15, 0.2) is 11.1 Å². The van der Waals surface area contributed by atoms with Crippen molar-refractivity contribution in [2.24, 2.45) is 45.3 Å². The van der Waals surface area contributed by atoms with Gasteiger partial charge in [0.25, 0.3) is 0 Å². The Kier molecular flexibility index (Phi) is 5.11. The summed E-state index contributed by atoms with van der Waals surface area (Å²) in [5, 5.41) is 10.9. The maximum atomic E-state index is 10.9. The van der Waals surface area contributed by atoms with Crippen LogP contribution < -0.4 is 0 Å². The number of aliphatic hydroxyl groups excluding tert-OH is 1. The topological polar surface area (TPSA) is 20.2 Å². The number of allylic oxidation sites excluding steroid dienone is 2. The highest BCUT2D eigenvalue weighted by Gasteiger charge is 2.63. The third-order valence-electron chi connectivity index (χ3n) is 11.4. The second-order valence-electron chi connectivity index (χ2n) is 13.6. The summed E-state index contributed by atoms with van der Waals surface area (Å²) in [6.07, 6.45) is 11.3. The fraction of sp³-hybridized carbons (Fsp3) is 0.933. The van der Waals surface area contributed by atoms with Gasteiger partial charge in [0.2, 0.25) is 0 Å². The molecule has 2 saturated carbocycles. The summed E-state index contributed by atoms with van der Waals surface area (Å²) in [5.74, 6) is 2.27. The van der Waals surface area contributed by atoms with Gasteiger partial charge in [-0.2, -0.15) is 0 Å². The third kappa shape index (κ3) is 3.41. The van der Waals surface area contributed by atoms with Crippen LogP contribution in [0.3, 0.4) is 0 Å². The first-order chi connectivity index (χ1) is 15.6. The molecule has 0 saturated heterocycles. The SMILES string of the molecule is [3H]C([3H])([3H])[C@@]12CC[C@H]([C@H](C)CCCC(C)C)[C@@]1(C)CCC1=C2CC[C@H]2C(C)(C)[C@@H](O)CC[C@]12C. The third-order valence-corrected chi connectivity index (χ3v) is 11.4. The molecule has 178 valence electrons. The first-order valence-electron chi connectivity index (χ1n) is 15.0. The highest BCUT2D eigenvalue weighted by atomic mass is 16.3. The van der Waals surface area contributed by atoms with Gasteiger partial charge < -0.3 is 5.11 Å². The smallest absolute Gasteiger partial charge is 0.0594 e. The Morgan fingerprint density at radius 1 is 0.935 bits per heavy atom. The van der Waals surface area contributed by atoms with Gasteiger partial charge in [-0.05, 0) is 96.7 Å². The van der Waals surface area contributed by atoms with Crippen molar-refractivity contribution in [3.63, 3.8) is 0 Å². The Balaban J connectivity index is 1.75. The Morgan fingerprint density at radius 2 is 1.68 bits per heavy atom. The van der Waals surface area contributed by atoms with E-state index in [4.69, 9.17) is 4.11 Å². The van der Waals surface area contributed by atoms with Gasteiger partial charge >= 0.3 is 0 Å². The molecule has 0 aliphatic heterocycles. The van der Waals surface area contributed by atoms with Gasteiger partial charge in [0, 0.05) is 4.11 Å². The predicted octanol–water partition coefficient (Wildman–Crippen LogP) is 8.56. The van der Waals surface area contributed by atoms with Gasteiger partial charge in [-0.1, -0.05) is 85.7 Å². The number of fused-ring (bicyclic) bond motifs is 4. The van der Waals surface area contributed by atoms with Crippen molar-refractivity contribution in [1.82, 2.24) is 0 Å². The molecule has 1 nitrogen and oxygen atoms in total. The zero-order chi connectivity index (χ0) is 25.3. The van der Waals surface area contributed by atoms with Crippen LogP contribution in [0.4, 0.5) is 0 Å². The molecule has 0 aromatic heterocycles. The molecule has 0 heterocycles. The maximum absolute atomic E-state index is 10.9. The lowest BCUT2D eigenvalue weighted by Gasteiger charge is -2.62. The monoisotopic (exact) mass is 434 g/mol. The van der Waals surface area contributed by atoms with Crippen LogP contribution in [0.1, 0.15) is 130 Å². The van der Waals surface area contributed by atoms with Gasteiger partial charge in [0.05, 0.1) is 6.10 Å². The molecule has 2 fully saturated rings. The standard InChI is InChI=1S/C30H52O/c1-20(2)10-9-11-21(3)22-14-18-30(8)24-12-13-25-27(4,5)26(31)16-17-28(25,6)23(24)15-19-29(22,30)7/h20-22,25-26,31H,9-19H2,1-8H3/t21-,22-,25+,26+,28-,29-,30+/m1/s1/i8T3. The van der Waals surface area contributed by atoms with E-state index in [1.807, 2.05) is 0 Å². The summed E-state index contributed by atoms with van der Waals surface area (Å²) >= 11 is 0. The zero-order valence-corrected chi connectivity index (χ0v) is 21.6. The average Bonchev–Trinajstić information content (AvgIpc) is 3.05. The minimum atomic E-state index is -1.96. The van der Waals surface area contributed by atoms with Gasteiger partial charge in [-0.25, -0.2) is 0 Å². The second kappa shape index (κ2) is 7.89. The fourth-order valence-electron chi connectivity index (χ4n) is 9.31. The first-order valence-corrected chi connectivity index (χ1v) is 13.5. The summed E-state index contributed by atoms with van der Waals surface area (Å²) in [7, 11) is 0. The normalized spacial score (nSPS) is 47.1. The molecule has 4 aliphatic carbocycles. The molecule has 7 atom stereocenters.